The third kappa shape index (κ3) is 1.81. The molecule has 3 heteroatoms. The fourth-order valence-corrected chi connectivity index (χ4v) is 3.45. The van der Waals surface area contributed by atoms with E-state index in [1.807, 2.05) is 12.4 Å². The van der Waals surface area contributed by atoms with Crippen molar-refractivity contribution in [3.05, 3.63) is 42.2 Å². The Bertz CT molecular complexity index is 766. The van der Waals surface area contributed by atoms with E-state index in [0.717, 1.165) is 12.5 Å². The fourth-order valence-electron chi connectivity index (χ4n) is 3.45. The number of fused-ring (bicyclic) bond motifs is 3. The van der Waals surface area contributed by atoms with Gasteiger partial charge in [0.1, 0.15) is 0 Å². The third-order valence-corrected chi connectivity index (χ3v) is 4.56. The highest BCUT2D eigenvalue weighted by Crippen LogP contribution is 2.28. The molecule has 1 atom stereocenters. The maximum absolute atomic E-state index is 4.26. The normalized spacial score (nSPS) is 19.1. The van der Waals surface area contributed by atoms with Crippen LogP contribution in [0.4, 0.5) is 0 Å². The zero-order chi connectivity index (χ0) is 13.5. The molecular formula is C17H19N3. The van der Waals surface area contributed by atoms with Crippen LogP contribution >= 0.6 is 0 Å². The van der Waals surface area contributed by atoms with Crippen LogP contribution in [0.2, 0.25) is 0 Å². The third-order valence-electron chi connectivity index (χ3n) is 4.56. The maximum Gasteiger partial charge on any atom is 0.0519 e. The Morgan fingerprint density at radius 1 is 1.25 bits per heavy atom. The minimum Gasteiger partial charge on any atom is -0.344 e. The highest BCUT2D eigenvalue weighted by atomic mass is 14.9. The molecule has 3 heterocycles. The standard InChI is InChI=1S/C17H19N3/c1-20-16-5-7-19-11-15(16)14-3-2-12(9-17(14)20)8-13-4-6-18-10-13/h2-3,5,7,9,11,13,18H,4,6,8,10H2,1H3. The molecule has 4 rings (SSSR count). The fraction of sp³-hybridized carbons (Fsp3) is 0.353. The number of nitrogens with one attached hydrogen (secondary N) is 1. The van der Waals surface area contributed by atoms with Crippen LogP contribution in [0, 0.1) is 5.92 Å². The molecule has 1 unspecified atom stereocenters. The van der Waals surface area contributed by atoms with Gasteiger partial charge in [-0.25, -0.2) is 0 Å². The lowest BCUT2D eigenvalue weighted by Crippen LogP contribution is -2.10. The molecule has 102 valence electrons. The lowest BCUT2D eigenvalue weighted by Gasteiger charge is -2.08. The van der Waals surface area contributed by atoms with Gasteiger partial charge in [0.25, 0.3) is 0 Å². The molecule has 0 aliphatic carbocycles. The van der Waals surface area contributed by atoms with E-state index >= 15 is 0 Å². The summed E-state index contributed by atoms with van der Waals surface area (Å²) in [6.45, 7) is 2.34. The summed E-state index contributed by atoms with van der Waals surface area (Å²) in [7, 11) is 2.14. The molecule has 3 nitrogen and oxygen atoms in total. The Balaban J connectivity index is 1.82. The van der Waals surface area contributed by atoms with Gasteiger partial charge in [-0.05, 0) is 49.5 Å². The molecule has 0 radical (unpaired) electrons. The summed E-state index contributed by atoms with van der Waals surface area (Å²) >= 11 is 0. The van der Waals surface area contributed by atoms with Crippen LogP contribution in [0.1, 0.15) is 12.0 Å². The average molecular weight is 265 g/mol. The van der Waals surface area contributed by atoms with Crippen LogP contribution in [0.25, 0.3) is 21.8 Å². The van der Waals surface area contributed by atoms with Crippen molar-refractivity contribution in [2.24, 2.45) is 13.0 Å². The number of nitrogens with zero attached hydrogens (tertiary/aromatic N) is 2. The smallest absolute Gasteiger partial charge is 0.0519 e. The van der Waals surface area contributed by atoms with E-state index in [9.17, 15) is 0 Å². The van der Waals surface area contributed by atoms with Gasteiger partial charge in [-0.2, -0.15) is 0 Å². The predicted molar refractivity (Wildman–Crippen MR) is 82.9 cm³/mol. The van der Waals surface area contributed by atoms with Gasteiger partial charge in [0.2, 0.25) is 0 Å². The second-order valence-electron chi connectivity index (χ2n) is 5.87. The van der Waals surface area contributed by atoms with Crippen LogP contribution in [0.5, 0.6) is 0 Å². The number of aromatic nitrogens is 2. The van der Waals surface area contributed by atoms with E-state index in [1.54, 1.807) is 0 Å². The first-order valence-electron chi connectivity index (χ1n) is 7.34. The molecule has 1 saturated heterocycles. The summed E-state index contributed by atoms with van der Waals surface area (Å²) in [5, 5.41) is 6.01. The van der Waals surface area contributed by atoms with Gasteiger partial charge >= 0.3 is 0 Å². The molecule has 20 heavy (non-hydrogen) atoms. The van der Waals surface area contributed by atoms with Gasteiger partial charge in [-0.1, -0.05) is 12.1 Å². The first-order valence-corrected chi connectivity index (χ1v) is 7.34. The van der Waals surface area contributed by atoms with Crippen LogP contribution in [-0.2, 0) is 13.5 Å². The summed E-state index contributed by atoms with van der Waals surface area (Å²) in [6.07, 6.45) is 6.32. The summed E-state index contributed by atoms with van der Waals surface area (Å²) < 4.78 is 2.28. The molecule has 0 amide bonds. The minimum absolute atomic E-state index is 0.795. The number of rotatable bonds is 2. The second kappa shape index (κ2) is 4.60. The molecular weight excluding hydrogens is 246 g/mol. The van der Waals surface area contributed by atoms with Gasteiger partial charge in [-0.3, -0.25) is 4.98 Å². The lowest BCUT2D eigenvalue weighted by atomic mass is 9.98. The summed E-state index contributed by atoms with van der Waals surface area (Å²) in [6, 6.07) is 8.99. The molecule has 0 bridgehead atoms. The average Bonchev–Trinajstić information content (AvgIpc) is 3.08. The van der Waals surface area contributed by atoms with Crippen molar-refractivity contribution in [3.63, 3.8) is 0 Å². The first kappa shape index (κ1) is 11.9. The molecule has 2 aromatic heterocycles. The van der Waals surface area contributed by atoms with Crippen molar-refractivity contribution in [1.82, 2.24) is 14.9 Å². The van der Waals surface area contributed by atoms with E-state index in [1.165, 1.54) is 46.8 Å². The molecule has 3 aromatic rings. The first-order chi connectivity index (χ1) is 9.83. The molecule has 1 aromatic carbocycles. The SMILES string of the molecule is Cn1c2ccncc2c2ccc(CC3CCNC3)cc21. The number of aryl methyl sites for hydroxylation is 1. The molecule has 1 aliphatic heterocycles. The Kier molecular flexibility index (Phi) is 2.74. The van der Waals surface area contributed by atoms with Crippen LogP contribution in [0.3, 0.4) is 0 Å². The molecule has 0 saturated carbocycles. The van der Waals surface area contributed by atoms with Crippen molar-refractivity contribution in [1.29, 1.82) is 0 Å². The predicted octanol–water partition coefficient (Wildman–Crippen LogP) is 2.88. The number of benzene rings is 1. The van der Waals surface area contributed by atoms with Gasteiger partial charge < -0.3 is 9.88 Å². The Morgan fingerprint density at radius 3 is 3.05 bits per heavy atom. The van der Waals surface area contributed by atoms with Gasteiger partial charge in [0.15, 0.2) is 0 Å². The van der Waals surface area contributed by atoms with Gasteiger partial charge in [0, 0.05) is 35.7 Å². The Morgan fingerprint density at radius 2 is 2.20 bits per heavy atom. The second-order valence-corrected chi connectivity index (χ2v) is 5.87. The van der Waals surface area contributed by atoms with Gasteiger partial charge in [-0.15, -0.1) is 0 Å². The van der Waals surface area contributed by atoms with Crippen molar-refractivity contribution >= 4 is 21.8 Å². The van der Waals surface area contributed by atoms with E-state index in [4.69, 9.17) is 0 Å². The molecule has 1 N–H and O–H groups in total. The Labute approximate surface area is 118 Å². The van der Waals surface area contributed by atoms with E-state index in [2.05, 4.69) is 46.2 Å². The van der Waals surface area contributed by atoms with Crippen LogP contribution < -0.4 is 5.32 Å². The van der Waals surface area contributed by atoms with Crippen LogP contribution in [-0.4, -0.2) is 22.6 Å². The zero-order valence-corrected chi connectivity index (χ0v) is 11.8. The van der Waals surface area contributed by atoms with E-state index < -0.39 is 0 Å². The zero-order valence-electron chi connectivity index (χ0n) is 11.8. The topological polar surface area (TPSA) is 29.9 Å². The van der Waals surface area contributed by atoms with E-state index in [-0.39, 0.29) is 0 Å². The number of hydrogen-bond acceptors (Lipinski definition) is 2. The highest BCUT2D eigenvalue weighted by molar-refractivity contribution is 6.07. The van der Waals surface area contributed by atoms with Gasteiger partial charge in [0.05, 0.1) is 5.52 Å². The van der Waals surface area contributed by atoms with Crippen molar-refractivity contribution in [2.45, 2.75) is 12.8 Å². The Hall–Kier alpha value is -1.87. The maximum atomic E-state index is 4.26. The van der Waals surface area contributed by atoms with E-state index in [0.29, 0.717) is 0 Å². The highest BCUT2D eigenvalue weighted by Gasteiger charge is 2.16. The monoisotopic (exact) mass is 265 g/mol. The largest absolute Gasteiger partial charge is 0.344 e. The van der Waals surface area contributed by atoms with Crippen molar-refractivity contribution < 1.29 is 0 Å². The summed E-state index contributed by atoms with van der Waals surface area (Å²) in [4.78, 5) is 4.26. The summed E-state index contributed by atoms with van der Waals surface area (Å²) in [5.41, 5.74) is 4.02. The minimum atomic E-state index is 0.795. The summed E-state index contributed by atoms with van der Waals surface area (Å²) in [5.74, 6) is 0.795. The lowest BCUT2D eigenvalue weighted by molar-refractivity contribution is 0.580. The molecule has 1 fully saturated rings. The van der Waals surface area contributed by atoms with Crippen molar-refractivity contribution in [3.8, 4) is 0 Å². The number of hydrogen-bond donors (Lipinski definition) is 1. The molecule has 0 spiro atoms. The number of pyridine rings is 1. The van der Waals surface area contributed by atoms with Crippen molar-refractivity contribution in [2.75, 3.05) is 13.1 Å². The van der Waals surface area contributed by atoms with Crippen LogP contribution in [0.15, 0.2) is 36.7 Å². The molecule has 1 aliphatic rings. The quantitative estimate of drug-likeness (QED) is 0.772.